The predicted octanol–water partition coefficient (Wildman–Crippen LogP) is 2.19. The lowest BCUT2D eigenvalue weighted by Gasteiger charge is -2.22. The highest BCUT2D eigenvalue weighted by Gasteiger charge is 2.23. The van der Waals surface area contributed by atoms with Gasteiger partial charge in [0.1, 0.15) is 0 Å². The van der Waals surface area contributed by atoms with Gasteiger partial charge in [-0.3, -0.25) is 4.79 Å². The molecule has 0 saturated carbocycles. The highest BCUT2D eigenvalue weighted by molar-refractivity contribution is 6.00. The Balaban J connectivity index is 1.93. The number of benzene rings is 2. The summed E-state index contributed by atoms with van der Waals surface area (Å²) in [5, 5.41) is 9.82. The predicted molar refractivity (Wildman–Crippen MR) is 84.6 cm³/mol. The van der Waals surface area contributed by atoms with Crippen LogP contribution >= 0.6 is 0 Å². The van der Waals surface area contributed by atoms with Crippen LogP contribution < -0.4 is 0 Å². The van der Waals surface area contributed by atoms with Gasteiger partial charge in [-0.25, -0.2) is 0 Å². The summed E-state index contributed by atoms with van der Waals surface area (Å²) in [5.74, 6) is -0.0657. The van der Waals surface area contributed by atoms with Crippen LogP contribution in [0.5, 0.6) is 0 Å². The Morgan fingerprint density at radius 3 is 2.64 bits per heavy atom. The van der Waals surface area contributed by atoms with Crippen molar-refractivity contribution in [3.63, 3.8) is 0 Å². The molecule has 0 aliphatic carbocycles. The molecule has 2 aromatic rings. The number of amides is 1. The van der Waals surface area contributed by atoms with Crippen molar-refractivity contribution in [3.8, 4) is 11.1 Å². The second kappa shape index (κ2) is 6.73. The van der Waals surface area contributed by atoms with Crippen LogP contribution in [-0.4, -0.2) is 48.3 Å². The largest absolute Gasteiger partial charge is 0.389 e. The molecule has 1 N–H and O–H groups in total. The second-order valence-corrected chi connectivity index (χ2v) is 5.39. The number of nitrogens with zero attached hydrogens (tertiary/aromatic N) is 1. The number of rotatable bonds is 2. The third-order valence-electron chi connectivity index (χ3n) is 3.78. The minimum atomic E-state index is -0.629. The number of aliphatic hydroxyl groups excluding tert-OH is 1. The SMILES string of the molecule is O=C(c1ccccc1-c1ccccc1)N1CCOC[C@H](O)C1. The van der Waals surface area contributed by atoms with Crippen LogP contribution in [0.15, 0.2) is 54.6 Å². The van der Waals surface area contributed by atoms with E-state index in [0.717, 1.165) is 11.1 Å². The summed E-state index contributed by atoms with van der Waals surface area (Å²) in [5.41, 5.74) is 2.58. The molecule has 1 heterocycles. The molecule has 1 aliphatic rings. The van der Waals surface area contributed by atoms with Gasteiger partial charge in [0.2, 0.25) is 0 Å². The molecule has 0 bridgehead atoms. The van der Waals surface area contributed by atoms with Crippen molar-refractivity contribution in [2.45, 2.75) is 6.10 Å². The van der Waals surface area contributed by atoms with Crippen molar-refractivity contribution < 1.29 is 14.6 Å². The monoisotopic (exact) mass is 297 g/mol. The summed E-state index contributed by atoms with van der Waals surface area (Å²) in [7, 11) is 0. The quantitative estimate of drug-likeness (QED) is 0.924. The van der Waals surface area contributed by atoms with Gasteiger partial charge in [0.15, 0.2) is 0 Å². The van der Waals surface area contributed by atoms with E-state index in [1.54, 1.807) is 4.90 Å². The van der Waals surface area contributed by atoms with Gasteiger partial charge in [0, 0.05) is 18.7 Å². The molecule has 4 nitrogen and oxygen atoms in total. The average molecular weight is 297 g/mol. The first-order valence-corrected chi connectivity index (χ1v) is 7.45. The van der Waals surface area contributed by atoms with Gasteiger partial charge in [-0.15, -0.1) is 0 Å². The van der Waals surface area contributed by atoms with Crippen LogP contribution in [0.4, 0.5) is 0 Å². The van der Waals surface area contributed by atoms with Gasteiger partial charge >= 0.3 is 0 Å². The maximum atomic E-state index is 12.9. The van der Waals surface area contributed by atoms with Gasteiger partial charge < -0.3 is 14.7 Å². The van der Waals surface area contributed by atoms with Gasteiger partial charge in [-0.05, 0) is 17.2 Å². The molecule has 1 aliphatic heterocycles. The number of ether oxygens (including phenoxy) is 1. The molecule has 114 valence electrons. The van der Waals surface area contributed by atoms with Gasteiger partial charge in [-0.1, -0.05) is 48.5 Å². The maximum Gasteiger partial charge on any atom is 0.254 e. The van der Waals surface area contributed by atoms with E-state index in [1.807, 2.05) is 54.6 Å². The molecular weight excluding hydrogens is 278 g/mol. The van der Waals surface area contributed by atoms with Gasteiger partial charge in [0.05, 0.1) is 19.3 Å². The van der Waals surface area contributed by atoms with Gasteiger partial charge in [0.25, 0.3) is 5.91 Å². The van der Waals surface area contributed by atoms with Crippen LogP contribution in [0.3, 0.4) is 0 Å². The summed E-state index contributed by atoms with van der Waals surface area (Å²) in [6.45, 7) is 1.54. The normalized spacial score (nSPS) is 18.8. The maximum absolute atomic E-state index is 12.9. The van der Waals surface area contributed by atoms with Crippen molar-refractivity contribution in [2.75, 3.05) is 26.3 Å². The van der Waals surface area contributed by atoms with Crippen LogP contribution in [-0.2, 0) is 4.74 Å². The second-order valence-electron chi connectivity index (χ2n) is 5.39. The lowest BCUT2D eigenvalue weighted by molar-refractivity contribution is 0.0534. The standard InChI is InChI=1S/C18H19NO3/c20-15-12-19(10-11-22-13-15)18(21)17-9-5-4-8-16(17)14-6-2-1-3-7-14/h1-9,15,20H,10-13H2/t15-/m1/s1. The smallest absolute Gasteiger partial charge is 0.254 e. The van der Waals surface area contributed by atoms with Crippen LogP contribution in [0.25, 0.3) is 11.1 Å². The Labute approximate surface area is 130 Å². The van der Waals surface area contributed by atoms with Crippen LogP contribution in [0.1, 0.15) is 10.4 Å². The van der Waals surface area contributed by atoms with E-state index >= 15 is 0 Å². The molecule has 1 fully saturated rings. The first-order valence-electron chi connectivity index (χ1n) is 7.45. The van der Waals surface area contributed by atoms with E-state index in [1.165, 1.54) is 0 Å². The van der Waals surface area contributed by atoms with Crippen LogP contribution in [0, 0.1) is 0 Å². The zero-order valence-electron chi connectivity index (χ0n) is 12.3. The van der Waals surface area contributed by atoms with E-state index in [-0.39, 0.29) is 12.5 Å². The van der Waals surface area contributed by atoms with E-state index in [9.17, 15) is 9.90 Å². The molecule has 3 rings (SSSR count). The first-order chi connectivity index (χ1) is 10.8. The summed E-state index contributed by atoms with van der Waals surface area (Å²) < 4.78 is 5.29. The number of carbonyl (C=O) groups is 1. The fourth-order valence-corrected chi connectivity index (χ4v) is 2.69. The first kappa shape index (κ1) is 14.8. The lowest BCUT2D eigenvalue weighted by atomic mass is 9.99. The van der Waals surface area contributed by atoms with Crippen molar-refractivity contribution in [1.29, 1.82) is 0 Å². The summed E-state index contributed by atoms with van der Waals surface area (Å²) >= 11 is 0. The lowest BCUT2D eigenvalue weighted by Crippen LogP contribution is -2.37. The number of hydrogen-bond acceptors (Lipinski definition) is 3. The number of β-amino-alcohol motifs (C(OH)–C–C–N with tert-alkyl or cyclic N) is 1. The van der Waals surface area contributed by atoms with Crippen molar-refractivity contribution >= 4 is 5.91 Å². The average Bonchev–Trinajstić information content (AvgIpc) is 2.79. The Hall–Kier alpha value is -2.17. The number of hydrogen-bond donors (Lipinski definition) is 1. The Morgan fingerprint density at radius 2 is 1.82 bits per heavy atom. The third-order valence-corrected chi connectivity index (χ3v) is 3.78. The van der Waals surface area contributed by atoms with E-state index in [4.69, 9.17) is 4.74 Å². The molecule has 2 aromatic carbocycles. The number of carbonyl (C=O) groups excluding carboxylic acids is 1. The van der Waals surface area contributed by atoms with Crippen molar-refractivity contribution in [3.05, 3.63) is 60.2 Å². The van der Waals surface area contributed by atoms with E-state index in [0.29, 0.717) is 25.3 Å². The fraction of sp³-hybridized carbons (Fsp3) is 0.278. The minimum absolute atomic E-state index is 0.0657. The zero-order valence-corrected chi connectivity index (χ0v) is 12.3. The molecule has 0 unspecified atom stereocenters. The Morgan fingerprint density at radius 1 is 1.09 bits per heavy atom. The highest BCUT2D eigenvalue weighted by Crippen LogP contribution is 2.24. The molecule has 0 spiro atoms. The molecule has 1 amide bonds. The molecule has 1 atom stereocenters. The molecule has 0 aromatic heterocycles. The summed E-state index contributed by atoms with van der Waals surface area (Å²) in [6.07, 6.45) is -0.629. The molecular formula is C18H19NO3. The fourth-order valence-electron chi connectivity index (χ4n) is 2.69. The third kappa shape index (κ3) is 3.18. The molecule has 4 heteroatoms. The molecule has 22 heavy (non-hydrogen) atoms. The van der Waals surface area contributed by atoms with E-state index in [2.05, 4.69) is 0 Å². The van der Waals surface area contributed by atoms with Crippen LogP contribution in [0.2, 0.25) is 0 Å². The minimum Gasteiger partial charge on any atom is -0.389 e. The number of aliphatic hydroxyl groups is 1. The molecule has 1 saturated heterocycles. The summed E-state index contributed by atoms with van der Waals surface area (Å²) in [4.78, 5) is 14.5. The van der Waals surface area contributed by atoms with Crippen molar-refractivity contribution in [1.82, 2.24) is 4.90 Å². The Bertz CT molecular complexity index is 642. The molecule has 0 radical (unpaired) electrons. The van der Waals surface area contributed by atoms with E-state index < -0.39 is 6.10 Å². The topological polar surface area (TPSA) is 49.8 Å². The van der Waals surface area contributed by atoms with Crippen molar-refractivity contribution in [2.24, 2.45) is 0 Å². The van der Waals surface area contributed by atoms with Gasteiger partial charge in [-0.2, -0.15) is 0 Å². The Kier molecular flexibility index (Phi) is 4.51. The summed E-state index contributed by atoms with van der Waals surface area (Å²) in [6, 6.07) is 17.4. The zero-order chi connectivity index (χ0) is 15.4. The highest BCUT2D eigenvalue weighted by atomic mass is 16.5.